The number of anilines is 1. The summed E-state index contributed by atoms with van der Waals surface area (Å²) in [5.74, 6) is 0. The molecule has 20 heavy (non-hydrogen) atoms. The van der Waals surface area contributed by atoms with Gasteiger partial charge in [-0.15, -0.1) is 0 Å². The number of nitrogens with zero attached hydrogens (tertiary/aromatic N) is 2. The molecule has 0 radical (unpaired) electrons. The van der Waals surface area contributed by atoms with Gasteiger partial charge in [0.05, 0.1) is 0 Å². The highest BCUT2D eigenvalue weighted by atomic mass is 16.2. The Balaban J connectivity index is 1.66. The van der Waals surface area contributed by atoms with Gasteiger partial charge in [0, 0.05) is 31.2 Å². The molecule has 0 fully saturated rings. The maximum Gasteiger partial charge on any atom is 0.319 e. The molecule has 0 saturated carbocycles. The Bertz CT molecular complexity index is 519. The van der Waals surface area contributed by atoms with Gasteiger partial charge >= 0.3 is 6.03 Å². The van der Waals surface area contributed by atoms with E-state index in [1.54, 1.807) is 6.20 Å². The largest absolute Gasteiger partial charge is 0.338 e. The average molecular weight is 272 g/mol. The van der Waals surface area contributed by atoms with Crippen LogP contribution < -0.4 is 10.6 Å². The van der Waals surface area contributed by atoms with Crippen molar-refractivity contribution in [2.24, 2.45) is 0 Å². The Morgan fingerprint density at radius 2 is 2.10 bits per heavy atom. The summed E-state index contributed by atoms with van der Waals surface area (Å²) in [5, 5.41) is 9.75. The topological polar surface area (TPSA) is 59.0 Å². The predicted octanol–water partition coefficient (Wildman–Crippen LogP) is 2.66. The molecule has 5 nitrogen and oxygen atoms in total. The summed E-state index contributed by atoms with van der Waals surface area (Å²) in [6.45, 7) is 3.53. The van der Waals surface area contributed by atoms with Crippen LogP contribution in [-0.2, 0) is 13.0 Å². The third-order valence-electron chi connectivity index (χ3n) is 3.03. The van der Waals surface area contributed by atoms with E-state index < -0.39 is 0 Å². The summed E-state index contributed by atoms with van der Waals surface area (Å²) < 4.78 is 1.85. The lowest BCUT2D eigenvalue weighted by Crippen LogP contribution is -2.30. The van der Waals surface area contributed by atoms with Crippen molar-refractivity contribution in [1.82, 2.24) is 15.1 Å². The molecular formula is C15H20N4O. The van der Waals surface area contributed by atoms with Gasteiger partial charge in [0.2, 0.25) is 0 Å². The first-order chi connectivity index (χ1) is 9.78. The second-order valence-corrected chi connectivity index (χ2v) is 4.55. The number of aromatic nitrogens is 2. The van der Waals surface area contributed by atoms with Gasteiger partial charge in [-0.25, -0.2) is 4.79 Å². The van der Waals surface area contributed by atoms with Crippen LogP contribution in [0.25, 0.3) is 0 Å². The SMILES string of the molecule is CCc1ccc(NC(=O)NCCCn2cccn2)cc1. The molecule has 2 aromatic rings. The number of amides is 2. The molecule has 5 heteroatoms. The third-order valence-corrected chi connectivity index (χ3v) is 3.03. The normalized spacial score (nSPS) is 10.2. The number of urea groups is 1. The van der Waals surface area contributed by atoms with Gasteiger partial charge < -0.3 is 10.6 Å². The number of aryl methyl sites for hydroxylation is 2. The third kappa shape index (κ3) is 4.42. The highest BCUT2D eigenvalue weighted by molar-refractivity contribution is 5.89. The zero-order valence-corrected chi connectivity index (χ0v) is 11.7. The molecule has 1 aromatic heterocycles. The van der Waals surface area contributed by atoms with Crippen molar-refractivity contribution in [3.63, 3.8) is 0 Å². The quantitative estimate of drug-likeness (QED) is 0.794. The van der Waals surface area contributed by atoms with Crippen molar-refractivity contribution in [3.05, 3.63) is 48.3 Å². The van der Waals surface area contributed by atoms with Crippen LogP contribution in [0.3, 0.4) is 0 Å². The van der Waals surface area contributed by atoms with E-state index >= 15 is 0 Å². The second kappa shape index (κ2) is 7.33. The van der Waals surface area contributed by atoms with Gasteiger partial charge in [-0.05, 0) is 36.6 Å². The molecule has 0 aliphatic heterocycles. The van der Waals surface area contributed by atoms with Crippen LogP contribution in [-0.4, -0.2) is 22.4 Å². The molecule has 2 amide bonds. The van der Waals surface area contributed by atoms with Gasteiger partial charge in [-0.2, -0.15) is 5.10 Å². The number of hydrogen-bond donors (Lipinski definition) is 2. The standard InChI is InChI=1S/C15H20N4O/c1-2-13-5-7-14(8-6-13)18-15(20)16-9-3-11-19-12-4-10-17-19/h4-8,10,12H,2-3,9,11H2,1H3,(H2,16,18,20). The van der Waals surface area contributed by atoms with Gasteiger partial charge in [-0.1, -0.05) is 19.1 Å². The van der Waals surface area contributed by atoms with Crippen LogP contribution >= 0.6 is 0 Å². The minimum absolute atomic E-state index is 0.172. The van der Waals surface area contributed by atoms with Gasteiger partial charge in [0.25, 0.3) is 0 Å². The molecule has 1 heterocycles. The van der Waals surface area contributed by atoms with E-state index in [1.807, 2.05) is 41.2 Å². The van der Waals surface area contributed by atoms with Crippen molar-refractivity contribution < 1.29 is 4.79 Å². The summed E-state index contributed by atoms with van der Waals surface area (Å²) >= 11 is 0. The van der Waals surface area contributed by atoms with Crippen LogP contribution in [0.4, 0.5) is 10.5 Å². The minimum Gasteiger partial charge on any atom is -0.338 e. The van der Waals surface area contributed by atoms with Crippen molar-refractivity contribution in [2.45, 2.75) is 26.3 Å². The highest BCUT2D eigenvalue weighted by Gasteiger charge is 2.01. The van der Waals surface area contributed by atoms with Crippen LogP contribution in [0, 0.1) is 0 Å². The van der Waals surface area contributed by atoms with Crippen molar-refractivity contribution >= 4 is 11.7 Å². The molecule has 0 aliphatic carbocycles. The van der Waals surface area contributed by atoms with Crippen molar-refractivity contribution in [2.75, 3.05) is 11.9 Å². The van der Waals surface area contributed by atoms with Crippen LogP contribution in [0.15, 0.2) is 42.7 Å². The number of benzene rings is 1. The molecular weight excluding hydrogens is 252 g/mol. The first kappa shape index (κ1) is 14.1. The number of carbonyl (C=O) groups excluding carboxylic acids is 1. The summed E-state index contributed by atoms with van der Waals surface area (Å²) in [4.78, 5) is 11.7. The molecule has 0 bridgehead atoms. The Morgan fingerprint density at radius 3 is 2.75 bits per heavy atom. The Kier molecular flexibility index (Phi) is 5.17. The van der Waals surface area contributed by atoms with Crippen LogP contribution in [0.2, 0.25) is 0 Å². The lowest BCUT2D eigenvalue weighted by Gasteiger charge is -2.08. The van der Waals surface area contributed by atoms with Gasteiger partial charge in [0.15, 0.2) is 0 Å². The Labute approximate surface area is 119 Å². The van der Waals surface area contributed by atoms with E-state index in [9.17, 15) is 4.79 Å². The molecule has 0 atom stereocenters. The first-order valence-corrected chi connectivity index (χ1v) is 6.89. The van der Waals surface area contributed by atoms with E-state index in [1.165, 1.54) is 5.56 Å². The summed E-state index contributed by atoms with van der Waals surface area (Å²) in [5.41, 5.74) is 2.07. The zero-order chi connectivity index (χ0) is 14.2. The lowest BCUT2D eigenvalue weighted by molar-refractivity contribution is 0.251. The molecule has 0 unspecified atom stereocenters. The number of rotatable bonds is 6. The molecule has 0 aliphatic rings. The smallest absolute Gasteiger partial charge is 0.319 e. The Morgan fingerprint density at radius 1 is 1.30 bits per heavy atom. The number of hydrogen-bond acceptors (Lipinski definition) is 2. The van der Waals surface area contributed by atoms with Gasteiger partial charge in [-0.3, -0.25) is 4.68 Å². The van der Waals surface area contributed by atoms with E-state index in [-0.39, 0.29) is 6.03 Å². The first-order valence-electron chi connectivity index (χ1n) is 6.89. The second-order valence-electron chi connectivity index (χ2n) is 4.55. The number of carbonyl (C=O) groups is 1. The summed E-state index contributed by atoms with van der Waals surface area (Å²) in [7, 11) is 0. The maximum absolute atomic E-state index is 11.7. The zero-order valence-electron chi connectivity index (χ0n) is 11.7. The minimum atomic E-state index is -0.172. The monoisotopic (exact) mass is 272 g/mol. The average Bonchev–Trinajstić information content (AvgIpc) is 2.98. The summed E-state index contributed by atoms with van der Waals surface area (Å²) in [6.07, 6.45) is 5.51. The van der Waals surface area contributed by atoms with E-state index in [2.05, 4.69) is 22.7 Å². The lowest BCUT2D eigenvalue weighted by atomic mass is 10.1. The van der Waals surface area contributed by atoms with Crippen molar-refractivity contribution in [1.29, 1.82) is 0 Å². The predicted molar refractivity (Wildman–Crippen MR) is 79.7 cm³/mol. The number of nitrogens with one attached hydrogen (secondary N) is 2. The van der Waals surface area contributed by atoms with Gasteiger partial charge in [0.1, 0.15) is 0 Å². The van der Waals surface area contributed by atoms with E-state index in [0.29, 0.717) is 6.54 Å². The molecule has 1 aromatic carbocycles. The van der Waals surface area contributed by atoms with Crippen molar-refractivity contribution in [3.8, 4) is 0 Å². The summed E-state index contributed by atoms with van der Waals surface area (Å²) in [6, 6.07) is 9.60. The molecule has 0 saturated heterocycles. The fourth-order valence-corrected chi connectivity index (χ4v) is 1.87. The molecule has 2 rings (SSSR count). The molecule has 2 N–H and O–H groups in total. The van der Waals surface area contributed by atoms with Crippen LogP contribution in [0.1, 0.15) is 18.9 Å². The fourth-order valence-electron chi connectivity index (χ4n) is 1.87. The van der Waals surface area contributed by atoms with Crippen LogP contribution in [0.5, 0.6) is 0 Å². The fraction of sp³-hybridized carbons (Fsp3) is 0.333. The van der Waals surface area contributed by atoms with E-state index in [4.69, 9.17) is 0 Å². The van der Waals surface area contributed by atoms with E-state index in [0.717, 1.165) is 25.1 Å². The molecule has 106 valence electrons. The maximum atomic E-state index is 11.7. The molecule has 0 spiro atoms. The highest BCUT2D eigenvalue weighted by Crippen LogP contribution is 2.09. The Hall–Kier alpha value is -2.30.